The van der Waals surface area contributed by atoms with Crippen molar-refractivity contribution in [3.05, 3.63) is 81.7 Å². The Morgan fingerprint density at radius 3 is 2.94 bits per heavy atom. The number of hydrogen-bond donors (Lipinski definition) is 2. The van der Waals surface area contributed by atoms with Gasteiger partial charge < -0.3 is 20.0 Å². The summed E-state index contributed by atoms with van der Waals surface area (Å²) >= 11 is 0. The molecule has 0 aliphatic carbocycles. The predicted molar refractivity (Wildman–Crippen MR) is 125 cm³/mol. The summed E-state index contributed by atoms with van der Waals surface area (Å²) in [6, 6.07) is 11.1. The number of benzene rings is 1. The van der Waals surface area contributed by atoms with Crippen LogP contribution in [0.5, 0.6) is 0 Å². The van der Waals surface area contributed by atoms with Gasteiger partial charge in [-0.05, 0) is 37.5 Å². The van der Waals surface area contributed by atoms with Crippen LogP contribution in [-0.2, 0) is 28.9 Å². The van der Waals surface area contributed by atoms with Crippen LogP contribution in [0.2, 0.25) is 0 Å². The molecule has 3 N–H and O–H groups in total. The SMILES string of the molecule is Cc1ccc2n(c1=O)Cc1c-2nc2ccccc2c1CCCOC(=O)[C@@H](N)Cc1cnc[nH]1. The van der Waals surface area contributed by atoms with Gasteiger partial charge in [0.1, 0.15) is 6.04 Å². The van der Waals surface area contributed by atoms with Crippen LogP contribution < -0.4 is 11.3 Å². The average Bonchev–Trinajstić information content (AvgIpc) is 3.46. The highest BCUT2D eigenvalue weighted by atomic mass is 16.5. The van der Waals surface area contributed by atoms with Crippen LogP contribution in [-0.4, -0.2) is 38.1 Å². The molecule has 33 heavy (non-hydrogen) atoms. The molecule has 0 fully saturated rings. The maximum absolute atomic E-state index is 12.7. The Morgan fingerprint density at radius 2 is 2.12 bits per heavy atom. The number of ether oxygens (including phenoxy) is 1. The third-order valence-corrected chi connectivity index (χ3v) is 6.15. The number of aromatic amines is 1. The van der Waals surface area contributed by atoms with Gasteiger partial charge in [0.2, 0.25) is 0 Å². The van der Waals surface area contributed by atoms with Crippen LogP contribution in [0.1, 0.15) is 28.8 Å². The second-order valence-corrected chi connectivity index (χ2v) is 8.39. The molecule has 1 aliphatic heterocycles. The number of aryl methyl sites for hydroxylation is 2. The van der Waals surface area contributed by atoms with Crippen LogP contribution >= 0.6 is 0 Å². The normalized spacial score (nSPS) is 13.0. The van der Waals surface area contributed by atoms with Crippen LogP contribution in [0.4, 0.5) is 0 Å². The van der Waals surface area contributed by atoms with Crippen molar-refractivity contribution >= 4 is 16.9 Å². The maximum Gasteiger partial charge on any atom is 0.323 e. The van der Waals surface area contributed by atoms with Crippen LogP contribution in [0.15, 0.2) is 53.7 Å². The molecule has 8 nitrogen and oxygen atoms in total. The number of carbonyl (C=O) groups excluding carboxylic acids is 1. The fourth-order valence-corrected chi connectivity index (χ4v) is 4.44. The van der Waals surface area contributed by atoms with E-state index in [2.05, 4.69) is 16.0 Å². The van der Waals surface area contributed by atoms with Crippen molar-refractivity contribution in [3.8, 4) is 11.4 Å². The Bertz CT molecular complexity index is 1390. The van der Waals surface area contributed by atoms with Crippen LogP contribution in [0, 0.1) is 6.92 Å². The highest BCUT2D eigenvalue weighted by Crippen LogP contribution is 2.35. The number of pyridine rings is 2. The topological polar surface area (TPSA) is 116 Å². The van der Waals surface area contributed by atoms with Crippen molar-refractivity contribution in [1.29, 1.82) is 0 Å². The van der Waals surface area contributed by atoms with E-state index >= 15 is 0 Å². The zero-order chi connectivity index (χ0) is 22.9. The fourth-order valence-electron chi connectivity index (χ4n) is 4.44. The second-order valence-electron chi connectivity index (χ2n) is 8.39. The van der Waals surface area contributed by atoms with E-state index in [4.69, 9.17) is 15.5 Å². The lowest BCUT2D eigenvalue weighted by molar-refractivity contribution is -0.145. The molecule has 4 heterocycles. The number of rotatable bonds is 7. The highest BCUT2D eigenvalue weighted by Gasteiger charge is 2.25. The third kappa shape index (κ3) is 3.93. The predicted octanol–water partition coefficient (Wildman–Crippen LogP) is 2.50. The van der Waals surface area contributed by atoms with Crippen LogP contribution in [0.25, 0.3) is 22.3 Å². The minimum Gasteiger partial charge on any atom is -0.465 e. The smallest absolute Gasteiger partial charge is 0.323 e. The van der Waals surface area contributed by atoms with Gasteiger partial charge in [-0.25, -0.2) is 9.97 Å². The molecule has 0 unspecified atom stereocenters. The number of hydrogen-bond acceptors (Lipinski definition) is 6. The number of aromatic nitrogens is 4. The van der Waals surface area contributed by atoms with Crippen molar-refractivity contribution in [1.82, 2.24) is 19.5 Å². The molecule has 0 spiro atoms. The van der Waals surface area contributed by atoms with Crippen molar-refractivity contribution in [2.24, 2.45) is 5.73 Å². The summed E-state index contributed by atoms with van der Waals surface area (Å²) in [7, 11) is 0. The first-order chi connectivity index (χ1) is 16.0. The van der Waals surface area contributed by atoms with E-state index in [0.29, 0.717) is 25.8 Å². The van der Waals surface area contributed by atoms with Crippen LogP contribution in [0.3, 0.4) is 0 Å². The molecule has 0 radical (unpaired) electrons. The molecular formula is C25H25N5O3. The first kappa shape index (κ1) is 21.1. The summed E-state index contributed by atoms with van der Waals surface area (Å²) < 4.78 is 7.23. The first-order valence-electron chi connectivity index (χ1n) is 11.0. The van der Waals surface area contributed by atoms with E-state index in [1.54, 1.807) is 17.1 Å². The number of imidazole rings is 1. The molecule has 1 aromatic carbocycles. The molecule has 0 saturated carbocycles. The lowest BCUT2D eigenvalue weighted by Gasteiger charge is -2.13. The van der Waals surface area contributed by atoms with E-state index < -0.39 is 12.0 Å². The first-order valence-corrected chi connectivity index (χ1v) is 11.0. The van der Waals surface area contributed by atoms with Gasteiger partial charge in [0.15, 0.2) is 0 Å². The lowest BCUT2D eigenvalue weighted by Crippen LogP contribution is -2.34. The fraction of sp³-hybridized carbons (Fsp3) is 0.280. The van der Waals surface area contributed by atoms with Gasteiger partial charge in [0.05, 0.1) is 36.4 Å². The van der Waals surface area contributed by atoms with Crippen molar-refractivity contribution < 1.29 is 9.53 Å². The number of H-pyrrole nitrogens is 1. The summed E-state index contributed by atoms with van der Waals surface area (Å²) in [5.41, 5.74) is 12.3. The molecule has 1 atom stereocenters. The van der Waals surface area contributed by atoms with E-state index in [-0.39, 0.29) is 12.2 Å². The van der Waals surface area contributed by atoms with Gasteiger partial charge in [0.25, 0.3) is 5.56 Å². The molecule has 0 amide bonds. The monoisotopic (exact) mass is 443 g/mol. The van der Waals surface area contributed by atoms with Gasteiger partial charge in [-0.3, -0.25) is 9.59 Å². The number of nitrogens with one attached hydrogen (secondary N) is 1. The van der Waals surface area contributed by atoms with Gasteiger partial charge in [-0.2, -0.15) is 0 Å². The summed E-state index contributed by atoms with van der Waals surface area (Å²) in [6.45, 7) is 2.61. The maximum atomic E-state index is 12.7. The lowest BCUT2D eigenvalue weighted by atomic mass is 9.97. The molecule has 1 aliphatic rings. The Labute approximate surface area is 190 Å². The molecule has 8 heteroatoms. The Kier molecular flexibility index (Phi) is 5.51. The summed E-state index contributed by atoms with van der Waals surface area (Å²) in [6.07, 6.45) is 4.91. The average molecular weight is 444 g/mol. The number of nitrogens with zero attached hydrogens (tertiary/aromatic N) is 3. The highest BCUT2D eigenvalue weighted by molar-refractivity contribution is 5.88. The largest absolute Gasteiger partial charge is 0.465 e. The number of carbonyl (C=O) groups is 1. The summed E-state index contributed by atoms with van der Waals surface area (Å²) in [5.74, 6) is -0.427. The quantitative estimate of drug-likeness (QED) is 0.295. The van der Waals surface area contributed by atoms with Gasteiger partial charge >= 0.3 is 5.97 Å². The minimum absolute atomic E-state index is 0.0145. The standard InChI is InChI=1S/C25H25N5O3/c1-15-8-9-22-23-19(13-30(22)24(15)31)17(18-5-2-3-7-21(18)29-23)6-4-10-33-25(32)20(26)11-16-12-27-14-28-16/h2-3,5,7-9,12,14,20H,4,6,10-11,13,26H2,1H3,(H,27,28)/t20-/m0/s1. The van der Waals surface area contributed by atoms with Crippen molar-refractivity contribution in [2.45, 2.75) is 38.8 Å². The Morgan fingerprint density at radius 1 is 1.27 bits per heavy atom. The van der Waals surface area contributed by atoms with Gasteiger partial charge in [-0.15, -0.1) is 0 Å². The Balaban J connectivity index is 1.34. The Hall–Kier alpha value is -3.78. The zero-order valence-corrected chi connectivity index (χ0v) is 18.4. The molecule has 0 bridgehead atoms. The summed E-state index contributed by atoms with van der Waals surface area (Å²) in [5, 5.41) is 1.07. The minimum atomic E-state index is -0.735. The number of esters is 1. The third-order valence-electron chi connectivity index (χ3n) is 6.15. The molecule has 3 aromatic heterocycles. The molecular weight excluding hydrogens is 418 g/mol. The summed E-state index contributed by atoms with van der Waals surface area (Å²) in [4.78, 5) is 36.7. The van der Waals surface area contributed by atoms with Gasteiger partial charge in [0, 0.05) is 34.8 Å². The molecule has 4 aromatic rings. The second kappa shape index (κ2) is 8.63. The van der Waals surface area contributed by atoms with Gasteiger partial charge in [-0.1, -0.05) is 24.3 Å². The van der Waals surface area contributed by atoms with E-state index in [1.165, 1.54) is 0 Å². The molecule has 0 saturated heterocycles. The van der Waals surface area contributed by atoms with E-state index in [9.17, 15) is 9.59 Å². The number of fused-ring (bicyclic) bond motifs is 4. The van der Waals surface area contributed by atoms with E-state index in [0.717, 1.165) is 44.7 Å². The number of para-hydroxylation sites is 1. The van der Waals surface area contributed by atoms with E-state index in [1.807, 2.05) is 37.3 Å². The van der Waals surface area contributed by atoms with Crippen molar-refractivity contribution in [2.75, 3.05) is 6.61 Å². The number of nitrogens with two attached hydrogens (primary N) is 1. The molecule has 5 rings (SSSR count). The molecule has 168 valence electrons. The van der Waals surface area contributed by atoms with Crippen molar-refractivity contribution in [3.63, 3.8) is 0 Å². The zero-order valence-electron chi connectivity index (χ0n) is 18.4.